The van der Waals surface area contributed by atoms with Gasteiger partial charge < -0.3 is 14.8 Å². The van der Waals surface area contributed by atoms with Crippen LogP contribution < -0.4 is 14.8 Å². The van der Waals surface area contributed by atoms with Gasteiger partial charge in [0.25, 0.3) is 11.1 Å². The summed E-state index contributed by atoms with van der Waals surface area (Å²) >= 11 is 4.13. The molecule has 0 spiro atoms. The number of methoxy groups -OCH3 is 1. The van der Waals surface area contributed by atoms with E-state index in [-0.39, 0.29) is 11.4 Å². The fourth-order valence-electron chi connectivity index (χ4n) is 3.78. The van der Waals surface area contributed by atoms with E-state index in [1.165, 1.54) is 0 Å². The fourth-order valence-corrected chi connectivity index (χ4v) is 4.89. The fraction of sp³-hybridized carbons (Fsp3) is 0.138. The van der Waals surface area contributed by atoms with E-state index in [1.54, 1.807) is 49.6 Å². The first-order chi connectivity index (χ1) is 18.4. The maximum Gasteiger partial charge on any atom is 0.294 e. The zero-order valence-electron chi connectivity index (χ0n) is 20.6. The highest BCUT2D eigenvalue weighted by Crippen LogP contribution is 2.37. The van der Waals surface area contributed by atoms with Crippen LogP contribution in [0.4, 0.5) is 10.5 Å². The molecule has 0 radical (unpaired) electrons. The summed E-state index contributed by atoms with van der Waals surface area (Å²) in [7, 11) is 1.55. The summed E-state index contributed by atoms with van der Waals surface area (Å²) < 4.78 is 12.6. The van der Waals surface area contributed by atoms with Crippen molar-refractivity contribution < 1.29 is 23.9 Å². The summed E-state index contributed by atoms with van der Waals surface area (Å²) in [6.45, 7) is 3.82. The number of nitrogens with one attached hydrogen (secondary N) is 1. The van der Waals surface area contributed by atoms with E-state index in [1.807, 2.05) is 36.4 Å². The lowest BCUT2D eigenvalue weighted by atomic mass is 10.0. The molecule has 194 valence electrons. The topological polar surface area (TPSA) is 84.9 Å². The average molecular weight is 593 g/mol. The molecule has 1 aliphatic rings. The summed E-state index contributed by atoms with van der Waals surface area (Å²) in [4.78, 5) is 39.2. The van der Waals surface area contributed by atoms with Gasteiger partial charge in [-0.1, -0.05) is 52.3 Å². The predicted molar refractivity (Wildman–Crippen MR) is 153 cm³/mol. The number of benzene rings is 3. The average Bonchev–Trinajstić information content (AvgIpc) is 3.17. The summed E-state index contributed by atoms with van der Waals surface area (Å²) in [5.41, 5.74) is 3.07. The van der Waals surface area contributed by atoms with Gasteiger partial charge in [0.2, 0.25) is 5.91 Å². The van der Waals surface area contributed by atoms with Gasteiger partial charge in [-0.25, -0.2) is 0 Å². The van der Waals surface area contributed by atoms with Gasteiger partial charge in [-0.2, -0.15) is 0 Å². The van der Waals surface area contributed by atoms with Crippen LogP contribution in [-0.2, 0) is 22.6 Å². The van der Waals surface area contributed by atoms with Gasteiger partial charge in [0.1, 0.15) is 13.2 Å². The molecule has 0 unspecified atom stereocenters. The lowest BCUT2D eigenvalue weighted by Gasteiger charge is -2.16. The molecule has 0 saturated carbocycles. The molecule has 7 nitrogen and oxygen atoms in total. The number of imide groups is 1. The molecule has 1 aliphatic heterocycles. The normalized spacial score (nSPS) is 14.1. The third-order valence-electron chi connectivity index (χ3n) is 5.57. The summed E-state index contributed by atoms with van der Waals surface area (Å²) in [6, 6.07) is 20.4. The number of amides is 3. The number of rotatable bonds is 10. The second kappa shape index (κ2) is 12.6. The molecule has 4 rings (SSSR count). The van der Waals surface area contributed by atoms with Crippen LogP contribution in [0.15, 0.2) is 88.8 Å². The minimum absolute atomic E-state index is 0.219. The lowest BCUT2D eigenvalue weighted by molar-refractivity contribution is -0.127. The third-order valence-corrected chi connectivity index (χ3v) is 7.00. The Hall–Kier alpha value is -3.82. The summed E-state index contributed by atoms with van der Waals surface area (Å²) in [5, 5.41) is 2.19. The van der Waals surface area contributed by atoms with Gasteiger partial charge in [0.15, 0.2) is 11.5 Å². The standard InChI is InChI=1S/C29H25BrN2O5S/c1-3-7-21-14-20(15-24(36-2)27(21)37-18-19-8-5-4-6-9-19)16-25-28(34)32(29(35)38-25)17-26(33)31-23-12-10-22(30)11-13-23/h3-6,8-16H,1,7,17-18H2,2H3,(H,31,33)/b25-16-. The van der Waals surface area contributed by atoms with Crippen molar-refractivity contribution in [2.45, 2.75) is 13.0 Å². The molecule has 9 heteroatoms. The second-order valence-corrected chi connectivity index (χ2v) is 10.2. The smallest absolute Gasteiger partial charge is 0.294 e. The van der Waals surface area contributed by atoms with Gasteiger partial charge in [-0.15, -0.1) is 6.58 Å². The highest BCUT2D eigenvalue weighted by Gasteiger charge is 2.36. The monoisotopic (exact) mass is 592 g/mol. The number of carbonyl (C=O) groups is 3. The predicted octanol–water partition coefficient (Wildman–Crippen LogP) is 6.44. The van der Waals surface area contributed by atoms with Crippen molar-refractivity contribution in [2.24, 2.45) is 0 Å². The lowest BCUT2D eigenvalue weighted by Crippen LogP contribution is -2.36. The highest BCUT2D eigenvalue weighted by molar-refractivity contribution is 9.10. The Kier molecular flexibility index (Phi) is 9.04. The zero-order chi connectivity index (χ0) is 27.1. The SMILES string of the molecule is C=CCc1cc(/C=C2\SC(=O)N(CC(=O)Nc3ccc(Br)cc3)C2=O)cc(OC)c1OCc1ccccc1. The number of nitrogens with zero attached hydrogens (tertiary/aromatic N) is 1. The van der Waals surface area contributed by atoms with E-state index >= 15 is 0 Å². The van der Waals surface area contributed by atoms with Crippen molar-refractivity contribution in [3.8, 4) is 11.5 Å². The van der Waals surface area contributed by atoms with Crippen molar-refractivity contribution in [1.29, 1.82) is 0 Å². The van der Waals surface area contributed by atoms with Crippen LogP contribution in [0.1, 0.15) is 16.7 Å². The molecule has 0 bridgehead atoms. The van der Waals surface area contributed by atoms with Gasteiger partial charge in [-0.05, 0) is 71.8 Å². The maximum absolute atomic E-state index is 13.0. The third kappa shape index (κ3) is 6.73. The van der Waals surface area contributed by atoms with Crippen LogP contribution in [0, 0.1) is 0 Å². The van der Waals surface area contributed by atoms with Gasteiger partial charge >= 0.3 is 0 Å². The molecular formula is C29H25BrN2O5S. The minimum atomic E-state index is -0.528. The van der Waals surface area contributed by atoms with Gasteiger partial charge in [-0.3, -0.25) is 19.3 Å². The van der Waals surface area contributed by atoms with Crippen molar-refractivity contribution in [3.05, 3.63) is 105 Å². The van der Waals surface area contributed by atoms with E-state index in [0.29, 0.717) is 35.8 Å². The van der Waals surface area contributed by atoms with Crippen LogP contribution in [0.2, 0.25) is 0 Å². The molecule has 3 aromatic carbocycles. The van der Waals surface area contributed by atoms with E-state index in [4.69, 9.17) is 9.47 Å². The highest BCUT2D eigenvalue weighted by atomic mass is 79.9. The molecule has 1 saturated heterocycles. The maximum atomic E-state index is 13.0. The van der Waals surface area contributed by atoms with Crippen LogP contribution in [0.25, 0.3) is 6.08 Å². The Morgan fingerprint density at radius 1 is 1.11 bits per heavy atom. The summed E-state index contributed by atoms with van der Waals surface area (Å²) in [5.74, 6) is 0.0936. The largest absolute Gasteiger partial charge is 0.493 e. The zero-order valence-corrected chi connectivity index (χ0v) is 23.0. The number of anilines is 1. The molecule has 3 aromatic rings. The molecular weight excluding hydrogens is 568 g/mol. The quantitative estimate of drug-likeness (QED) is 0.215. The Labute approximate surface area is 233 Å². The molecule has 1 fully saturated rings. The number of hydrogen-bond acceptors (Lipinski definition) is 6. The Balaban J connectivity index is 1.52. The van der Waals surface area contributed by atoms with Gasteiger partial charge in [0, 0.05) is 15.7 Å². The number of hydrogen-bond donors (Lipinski definition) is 1. The number of allylic oxidation sites excluding steroid dienone is 1. The summed E-state index contributed by atoms with van der Waals surface area (Å²) in [6.07, 6.45) is 3.89. The molecule has 0 aromatic heterocycles. The van der Waals surface area contributed by atoms with Crippen LogP contribution in [-0.4, -0.2) is 35.6 Å². The Morgan fingerprint density at radius 3 is 2.53 bits per heavy atom. The molecule has 3 amide bonds. The van der Waals surface area contributed by atoms with Crippen molar-refractivity contribution in [3.63, 3.8) is 0 Å². The molecule has 0 atom stereocenters. The Morgan fingerprint density at radius 2 is 1.84 bits per heavy atom. The van der Waals surface area contributed by atoms with Gasteiger partial charge in [0.05, 0.1) is 12.0 Å². The first-order valence-corrected chi connectivity index (χ1v) is 13.3. The molecule has 1 N–H and O–H groups in total. The molecule has 1 heterocycles. The van der Waals surface area contributed by atoms with Crippen LogP contribution in [0.3, 0.4) is 0 Å². The number of halogens is 1. The molecule has 38 heavy (non-hydrogen) atoms. The minimum Gasteiger partial charge on any atom is -0.493 e. The van der Waals surface area contributed by atoms with E-state index in [2.05, 4.69) is 27.8 Å². The van der Waals surface area contributed by atoms with Crippen LogP contribution >= 0.6 is 27.7 Å². The first-order valence-electron chi connectivity index (χ1n) is 11.7. The van der Waals surface area contributed by atoms with E-state index in [9.17, 15) is 14.4 Å². The number of carbonyl (C=O) groups excluding carboxylic acids is 3. The number of thioether (sulfide) groups is 1. The van der Waals surface area contributed by atoms with Crippen LogP contribution in [0.5, 0.6) is 11.5 Å². The van der Waals surface area contributed by atoms with Crippen molar-refractivity contribution in [2.75, 3.05) is 19.0 Å². The molecule has 0 aliphatic carbocycles. The van der Waals surface area contributed by atoms with E-state index < -0.39 is 17.1 Å². The van der Waals surface area contributed by atoms with Crippen molar-refractivity contribution in [1.82, 2.24) is 4.90 Å². The first kappa shape index (κ1) is 27.2. The number of ether oxygens (including phenoxy) is 2. The van der Waals surface area contributed by atoms with E-state index in [0.717, 1.165) is 32.3 Å². The van der Waals surface area contributed by atoms with Crippen molar-refractivity contribution >= 4 is 56.5 Å². The Bertz CT molecular complexity index is 1390. The second-order valence-electron chi connectivity index (χ2n) is 8.30.